The molecule has 0 bridgehead atoms. The zero-order valence-corrected chi connectivity index (χ0v) is 11.5. The predicted molar refractivity (Wildman–Crippen MR) is 81.5 cm³/mol. The lowest BCUT2D eigenvalue weighted by atomic mass is 10.2. The lowest BCUT2D eigenvalue weighted by Crippen LogP contribution is -1.93. The van der Waals surface area contributed by atoms with Crippen LogP contribution in [0.15, 0.2) is 78.6 Å². The first-order chi connectivity index (χ1) is 9.74. The second kappa shape index (κ2) is 7.31. The zero-order valence-electron chi connectivity index (χ0n) is 10.7. The summed E-state index contributed by atoms with van der Waals surface area (Å²) in [6, 6.07) is 19.1. The summed E-state index contributed by atoms with van der Waals surface area (Å²) < 4.78 is 5.73. The van der Waals surface area contributed by atoms with Crippen LogP contribution in [0.1, 0.15) is 5.56 Å². The highest BCUT2D eigenvalue weighted by atomic mass is 35.5. The van der Waals surface area contributed by atoms with E-state index in [4.69, 9.17) is 16.3 Å². The Morgan fingerprint density at radius 1 is 0.900 bits per heavy atom. The second-order valence-electron chi connectivity index (χ2n) is 4.01. The molecule has 2 aromatic rings. The number of hydrogen-bond donors (Lipinski definition) is 0. The Hall–Kier alpha value is -2.32. The monoisotopic (exact) mass is 284 g/mol. The Balaban J connectivity index is 2.25. The number of rotatable bonds is 5. The fraction of sp³-hybridized carbons (Fsp3) is 0. The zero-order chi connectivity index (χ0) is 14.2. The number of halogens is 1. The van der Waals surface area contributed by atoms with Gasteiger partial charge in [0, 0.05) is 6.08 Å². The standard InChI is InChI=1S/C17H13ClO2/c18-17(19)12-11-16(13-14-7-3-1-4-8-14)20-15-9-5-2-6-10-15/h1-13H/b12-11+,16-13+. The maximum Gasteiger partial charge on any atom is 0.245 e. The summed E-state index contributed by atoms with van der Waals surface area (Å²) in [6.07, 6.45) is 4.65. The van der Waals surface area contributed by atoms with Gasteiger partial charge in [-0.15, -0.1) is 0 Å². The molecule has 0 amide bonds. The first-order valence-electron chi connectivity index (χ1n) is 6.11. The highest BCUT2D eigenvalue weighted by molar-refractivity contribution is 6.66. The van der Waals surface area contributed by atoms with Gasteiger partial charge in [0.1, 0.15) is 11.5 Å². The Morgan fingerprint density at radius 2 is 1.50 bits per heavy atom. The molecule has 20 heavy (non-hydrogen) atoms. The van der Waals surface area contributed by atoms with Crippen molar-refractivity contribution in [2.24, 2.45) is 0 Å². The van der Waals surface area contributed by atoms with Crippen molar-refractivity contribution >= 4 is 22.9 Å². The van der Waals surface area contributed by atoms with Gasteiger partial charge in [-0.05, 0) is 41.4 Å². The maximum absolute atomic E-state index is 10.8. The van der Waals surface area contributed by atoms with Gasteiger partial charge in [-0.2, -0.15) is 0 Å². The number of carbonyl (C=O) groups is 1. The summed E-state index contributed by atoms with van der Waals surface area (Å²) in [5.41, 5.74) is 0.977. The largest absolute Gasteiger partial charge is 0.457 e. The van der Waals surface area contributed by atoms with Crippen LogP contribution in [0, 0.1) is 0 Å². The lowest BCUT2D eigenvalue weighted by Gasteiger charge is -2.06. The maximum atomic E-state index is 10.8. The van der Waals surface area contributed by atoms with E-state index in [0.29, 0.717) is 11.5 Å². The fourth-order valence-electron chi connectivity index (χ4n) is 1.60. The summed E-state index contributed by atoms with van der Waals surface area (Å²) in [5.74, 6) is 1.23. The Bertz CT molecular complexity index is 616. The molecule has 3 heteroatoms. The van der Waals surface area contributed by atoms with Gasteiger partial charge in [0.15, 0.2) is 0 Å². The molecule has 0 saturated carbocycles. The van der Waals surface area contributed by atoms with Crippen LogP contribution in [0.3, 0.4) is 0 Å². The molecule has 0 fully saturated rings. The average molecular weight is 285 g/mol. The van der Waals surface area contributed by atoms with Gasteiger partial charge in [0.25, 0.3) is 0 Å². The van der Waals surface area contributed by atoms with Crippen molar-refractivity contribution < 1.29 is 9.53 Å². The molecule has 100 valence electrons. The molecule has 0 aliphatic rings. The number of benzene rings is 2. The topological polar surface area (TPSA) is 26.3 Å². The van der Waals surface area contributed by atoms with E-state index in [1.807, 2.05) is 66.7 Å². The van der Waals surface area contributed by atoms with Gasteiger partial charge in [-0.3, -0.25) is 4.79 Å². The first kappa shape index (κ1) is 14.1. The molecule has 0 aromatic heterocycles. The summed E-state index contributed by atoms with van der Waals surface area (Å²) in [4.78, 5) is 10.8. The van der Waals surface area contributed by atoms with Crippen LogP contribution < -0.4 is 4.74 Å². The third-order valence-corrected chi connectivity index (χ3v) is 2.59. The Labute approximate surface area is 123 Å². The Morgan fingerprint density at radius 3 is 2.10 bits per heavy atom. The molecular weight excluding hydrogens is 272 g/mol. The molecule has 0 spiro atoms. The third kappa shape index (κ3) is 4.75. The molecule has 0 radical (unpaired) electrons. The minimum absolute atomic E-state index is 0.538. The van der Waals surface area contributed by atoms with Crippen molar-refractivity contribution in [2.45, 2.75) is 0 Å². The molecule has 2 rings (SSSR count). The quantitative estimate of drug-likeness (QED) is 0.351. The molecule has 0 saturated heterocycles. The van der Waals surface area contributed by atoms with Crippen molar-refractivity contribution in [3.8, 4) is 5.75 Å². The Kier molecular flexibility index (Phi) is 5.15. The number of carbonyl (C=O) groups excluding carboxylic acids is 1. The fourth-order valence-corrected chi connectivity index (χ4v) is 1.66. The van der Waals surface area contributed by atoms with E-state index < -0.39 is 5.24 Å². The van der Waals surface area contributed by atoms with Crippen molar-refractivity contribution in [1.82, 2.24) is 0 Å². The van der Waals surface area contributed by atoms with Gasteiger partial charge in [-0.1, -0.05) is 48.5 Å². The molecule has 0 atom stereocenters. The molecular formula is C17H13ClO2. The summed E-state index contributed by atoms with van der Waals surface area (Å²) in [5, 5.41) is -0.541. The number of para-hydroxylation sites is 1. The van der Waals surface area contributed by atoms with Crippen molar-refractivity contribution in [3.63, 3.8) is 0 Å². The van der Waals surface area contributed by atoms with E-state index >= 15 is 0 Å². The van der Waals surface area contributed by atoms with Crippen molar-refractivity contribution in [3.05, 3.63) is 84.1 Å². The van der Waals surface area contributed by atoms with Gasteiger partial charge in [-0.25, -0.2) is 0 Å². The average Bonchev–Trinajstić information content (AvgIpc) is 2.47. The number of ether oxygens (including phenoxy) is 1. The van der Waals surface area contributed by atoms with E-state index in [9.17, 15) is 4.79 Å². The first-order valence-corrected chi connectivity index (χ1v) is 6.49. The van der Waals surface area contributed by atoms with Crippen LogP contribution in [0.25, 0.3) is 6.08 Å². The molecule has 2 nitrogen and oxygen atoms in total. The second-order valence-corrected chi connectivity index (χ2v) is 4.38. The highest BCUT2D eigenvalue weighted by Gasteiger charge is 1.99. The molecule has 2 aromatic carbocycles. The predicted octanol–water partition coefficient (Wildman–Crippen LogP) is 4.43. The van der Waals surface area contributed by atoms with Crippen LogP contribution in [0.2, 0.25) is 0 Å². The minimum atomic E-state index is -0.541. The number of hydrogen-bond acceptors (Lipinski definition) is 2. The minimum Gasteiger partial charge on any atom is -0.457 e. The van der Waals surface area contributed by atoms with Crippen molar-refractivity contribution in [2.75, 3.05) is 0 Å². The highest BCUT2D eigenvalue weighted by Crippen LogP contribution is 2.16. The smallest absolute Gasteiger partial charge is 0.245 e. The SMILES string of the molecule is O=C(Cl)/C=C/C(=C\c1ccccc1)Oc1ccccc1. The lowest BCUT2D eigenvalue weighted by molar-refractivity contribution is -0.107. The van der Waals surface area contributed by atoms with E-state index in [1.165, 1.54) is 6.08 Å². The van der Waals surface area contributed by atoms with Gasteiger partial charge in [0.2, 0.25) is 5.24 Å². The molecule has 0 aliphatic carbocycles. The van der Waals surface area contributed by atoms with Crippen LogP contribution in [-0.4, -0.2) is 5.24 Å². The van der Waals surface area contributed by atoms with Crippen LogP contribution in [0.4, 0.5) is 0 Å². The van der Waals surface area contributed by atoms with E-state index in [-0.39, 0.29) is 0 Å². The van der Waals surface area contributed by atoms with Crippen LogP contribution >= 0.6 is 11.6 Å². The molecule has 0 heterocycles. The van der Waals surface area contributed by atoms with Gasteiger partial charge in [0.05, 0.1) is 0 Å². The third-order valence-electron chi connectivity index (χ3n) is 2.47. The van der Waals surface area contributed by atoms with E-state index in [0.717, 1.165) is 5.56 Å². The molecule has 0 N–H and O–H groups in total. The summed E-state index contributed by atoms with van der Waals surface area (Å²) >= 11 is 5.32. The van der Waals surface area contributed by atoms with Crippen molar-refractivity contribution in [1.29, 1.82) is 0 Å². The normalized spacial score (nSPS) is 11.6. The molecule has 0 aliphatic heterocycles. The van der Waals surface area contributed by atoms with Crippen LogP contribution in [0.5, 0.6) is 5.75 Å². The van der Waals surface area contributed by atoms with Gasteiger partial charge >= 0.3 is 0 Å². The van der Waals surface area contributed by atoms with E-state index in [2.05, 4.69) is 0 Å². The summed E-state index contributed by atoms with van der Waals surface area (Å²) in [7, 11) is 0. The van der Waals surface area contributed by atoms with E-state index in [1.54, 1.807) is 6.08 Å². The molecule has 0 unspecified atom stereocenters. The van der Waals surface area contributed by atoms with Gasteiger partial charge < -0.3 is 4.74 Å². The summed E-state index contributed by atoms with van der Waals surface area (Å²) in [6.45, 7) is 0. The van der Waals surface area contributed by atoms with Crippen LogP contribution in [-0.2, 0) is 4.79 Å². The number of allylic oxidation sites excluding steroid dienone is 2.